The highest BCUT2D eigenvalue weighted by Crippen LogP contribution is 2.33. The second kappa shape index (κ2) is 10.5. The summed E-state index contributed by atoms with van der Waals surface area (Å²) in [4.78, 5) is 21.3. The number of aryl methyl sites for hydroxylation is 2. The molecular formula is C26H26F3N7O2. The fourth-order valence-electron chi connectivity index (χ4n) is 3.73. The number of anilines is 4. The van der Waals surface area contributed by atoms with Crippen molar-refractivity contribution in [2.45, 2.75) is 33.1 Å². The van der Waals surface area contributed by atoms with Crippen molar-refractivity contribution in [2.75, 3.05) is 23.0 Å². The quantitative estimate of drug-likeness (QED) is 0.256. The number of carbonyl (C=O) groups is 1. The molecule has 4 rings (SSSR count). The summed E-state index contributed by atoms with van der Waals surface area (Å²) in [5, 5.41) is 23.2. The third-order valence-electron chi connectivity index (χ3n) is 5.74. The van der Waals surface area contributed by atoms with E-state index in [2.05, 4.69) is 31.0 Å². The maximum Gasteiger partial charge on any atom is 0.416 e. The van der Waals surface area contributed by atoms with E-state index >= 15 is 0 Å². The van der Waals surface area contributed by atoms with Gasteiger partial charge in [-0.1, -0.05) is 6.07 Å². The highest BCUT2D eigenvalue weighted by Gasteiger charge is 2.32. The van der Waals surface area contributed by atoms with E-state index in [-0.39, 0.29) is 11.1 Å². The molecule has 38 heavy (non-hydrogen) atoms. The van der Waals surface area contributed by atoms with Gasteiger partial charge >= 0.3 is 6.18 Å². The maximum absolute atomic E-state index is 13.4. The normalized spacial score (nSPS) is 12.2. The Labute approximate surface area is 216 Å². The Morgan fingerprint density at radius 2 is 1.82 bits per heavy atom. The first kappa shape index (κ1) is 26.6. The van der Waals surface area contributed by atoms with Gasteiger partial charge in [0.15, 0.2) is 5.82 Å². The van der Waals surface area contributed by atoms with Crippen LogP contribution in [0, 0.1) is 13.8 Å². The van der Waals surface area contributed by atoms with Crippen molar-refractivity contribution in [2.24, 2.45) is 0 Å². The van der Waals surface area contributed by atoms with Crippen molar-refractivity contribution in [3.05, 3.63) is 82.8 Å². The predicted octanol–water partition coefficient (Wildman–Crippen LogP) is 5.39. The van der Waals surface area contributed by atoms with E-state index in [4.69, 9.17) is 0 Å². The number of benzene rings is 2. The second-order valence-electron chi connectivity index (χ2n) is 8.72. The molecule has 2 aromatic heterocycles. The zero-order valence-electron chi connectivity index (χ0n) is 21.1. The number of rotatable bonds is 7. The standard InChI is InChI=1S/C26H26F3N7O2/c1-14-5-6-20(33-25(38)18-8-17(16(3)37)9-19(10-18)26(27,28)29)11-21(14)34-24-7-15(2)35-36(24)23-12-22(30-4)31-13-32-23/h5-13,16,34,37H,1-4H3,(H,33,38)(H,30,31,32). The number of halogens is 3. The third-order valence-corrected chi connectivity index (χ3v) is 5.74. The topological polar surface area (TPSA) is 117 Å². The molecule has 1 amide bonds. The first-order valence-corrected chi connectivity index (χ1v) is 11.6. The number of nitrogens with one attached hydrogen (secondary N) is 3. The minimum absolute atomic E-state index is 0.00831. The van der Waals surface area contributed by atoms with Crippen LogP contribution >= 0.6 is 0 Å². The second-order valence-corrected chi connectivity index (χ2v) is 8.72. The zero-order valence-corrected chi connectivity index (χ0v) is 21.1. The lowest BCUT2D eigenvalue weighted by molar-refractivity contribution is -0.137. The number of alkyl halides is 3. The van der Waals surface area contributed by atoms with Crippen LogP contribution in [0.1, 0.15) is 45.8 Å². The third kappa shape index (κ3) is 5.92. The summed E-state index contributed by atoms with van der Waals surface area (Å²) >= 11 is 0. The van der Waals surface area contributed by atoms with Crippen molar-refractivity contribution in [1.82, 2.24) is 19.7 Å². The molecule has 0 saturated heterocycles. The number of hydrogen-bond donors (Lipinski definition) is 4. The molecule has 0 saturated carbocycles. The van der Waals surface area contributed by atoms with Crippen molar-refractivity contribution >= 4 is 28.9 Å². The lowest BCUT2D eigenvalue weighted by Crippen LogP contribution is -2.15. The summed E-state index contributed by atoms with van der Waals surface area (Å²) in [5.41, 5.74) is 1.35. The van der Waals surface area contributed by atoms with Gasteiger partial charge in [-0.05, 0) is 62.2 Å². The van der Waals surface area contributed by atoms with Crippen molar-refractivity contribution < 1.29 is 23.1 Å². The number of amides is 1. The highest BCUT2D eigenvalue weighted by molar-refractivity contribution is 6.04. The van der Waals surface area contributed by atoms with Gasteiger partial charge in [0.05, 0.1) is 17.4 Å². The summed E-state index contributed by atoms with van der Waals surface area (Å²) in [5.74, 6) is 1.01. The molecule has 0 spiro atoms. The number of aromatic nitrogens is 4. The van der Waals surface area contributed by atoms with Crippen molar-refractivity contribution in [3.8, 4) is 5.82 Å². The van der Waals surface area contributed by atoms with Gasteiger partial charge < -0.3 is 21.1 Å². The molecule has 0 aliphatic carbocycles. The molecule has 1 unspecified atom stereocenters. The molecular weight excluding hydrogens is 499 g/mol. The first-order valence-electron chi connectivity index (χ1n) is 11.6. The molecule has 198 valence electrons. The Morgan fingerprint density at radius 3 is 2.50 bits per heavy atom. The van der Waals surface area contributed by atoms with E-state index in [1.54, 1.807) is 36.0 Å². The van der Waals surface area contributed by atoms with Crippen LogP contribution in [0.3, 0.4) is 0 Å². The number of aliphatic hydroxyl groups is 1. The smallest absolute Gasteiger partial charge is 0.389 e. The fraction of sp³-hybridized carbons (Fsp3) is 0.231. The lowest BCUT2D eigenvalue weighted by atomic mass is 10.0. The first-order chi connectivity index (χ1) is 17.9. The Hall–Kier alpha value is -4.45. The molecule has 0 aliphatic rings. The minimum atomic E-state index is -4.67. The summed E-state index contributed by atoms with van der Waals surface area (Å²) in [6.07, 6.45) is -4.42. The molecule has 9 nitrogen and oxygen atoms in total. The van der Waals surface area contributed by atoms with E-state index < -0.39 is 23.8 Å². The van der Waals surface area contributed by atoms with E-state index in [0.29, 0.717) is 28.8 Å². The molecule has 1 atom stereocenters. The average Bonchev–Trinajstić information content (AvgIpc) is 3.25. The number of aliphatic hydroxyl groups excluding tert-OH is 1. The fourth-order valence-corrected chi connectivity index (χ4v) is 3.73. The Bertz CT molecular complexity index is 1480. The van der Waals surface area contributed by atoms with Gasteiger partial charge in [-0.2, -0.15) is 23.0 Å². The maximum atomic E-state index is 13.4. The largest absolute Gasteiger partial charge is 0.416 e. The molecule has 2 aromatic carbocycles. The van der Waals surface area contributed by atoms with E-state index in [9.17, 15) is 23.1 Å². The summed E-state index contributed by atoms with van der Waals surface area (Å²) < 4.78 is 41.7. The van der Waals surface area contributed by atoms with E-state index in [0.717, 1.165) is 23.4 Å². The molecule has 0 bridgehead atoms. The van der Waals surface area contributed by atoms with Gasteiger partial charge in [0, 0.05) is 36.1 Å². The van der Waals surface area contributed by atoms with Gasteiger partial charge in [0.25, 0.3) is 5.91 Å². The Kier molecular flexibility index (Phi) is 7.35. The number of carbonyl (C=O) groups excluding carboxylic acids is 1. The molecule has 12 heteroatoms. The van der Waals surface area contributed by atoms with Gasteiger partial charge in [-0.3, -0.25) is 4.79 Å². The van der Waals surface area contributed by atoms with E-state index in [1.807, 2.05) is 19.9 Å². The summed E-state index contributed by atoms with van der Waals surface area (Å²) in [6.45, 7) is 5.04. The van der Waals surface area contributed by atoms with Crippen LogP contribution in [0.15, 0.2) is 54.9 Å². The lowest BCUT2D eigenvalue weighted by Gasteiger charge is -2.15. The monoisotopic (exact) mass is 525 g/mol. The predicted molar refractivity (Wildman–Crippen MR) is 138 cm³/mol. The summed E-state index contributed by atoms with van der Waals surface area (Å²) in [6, 6.07) is 11.5. The van der Waals surface area contributed by atoms with Crippen molar-refractivity contribution in [1.29, 1.82) is 0 Å². The molecule has 0 fully saturated rings. The molecule has 0 radical (unpaired) electrons. The van der Waals surface area contributed by atoms with Crippen LogP contribution < -0.4 is 16.0 Å². The van der Waals surface area contributed by atoms with E-state index in [1.165, 1.54) is 19.3 Å². The average molecular weight is 526 g/mol. The van der Waals surface area contributed by atoms with Crippen LogP contribution in [-0.4, -0.2) is 37.8 Å². The van der Waals surface area contributed by atoms with Gasteiger partial charge in [0.1, 0.15) is 18.0 Å². The van der Waals surface area contributed by atoms with Crippen LogP contribution in [0.5, 0.6) is 0 Å². The SMILES string of the molecule is CNc1cc(-n2nc(C)cc2Nc2cc(NC(=O)c3cc(C(C)O)cc(C(F)(F)F)c3)ccc2C)ncn1. The Morgan fingerprint density at radius 1 is 1.05 bits per heavy atom. The van der Waals surface area contributed by atoms with Crippen LogP contribution in [0.2, 0.25) is 0 Å². The zero-order chi connectivity index (χ0) is 27.6. The molecule has 0 aliphatic heterocycles. The molecule has 2 heterocycles. The van der Waals surface area contributed by atoms with Gasteiger partial charge in [-0.25, -0.2) is 9.97 Å². The molecule has 4 aromatic rings. The van der Waals surface area contributed by atoms with Crippen LogP contribution in [-0.2, 0) is 6.18 Å². The van der Waals surface area contributed by atoms with Gasteiger partial charge in [0.2, 0.25) is 0 Å². The summed E-state index contributed by atoms with van der Waals surface area (Å²) in [7, 11) is 1.74. The Balaban J connectivity index is 1.62. The molecule has 4 N–H and O–H groups in total. The number of nitrogens with zero attached hydrogens (tertiary/aromatic N) is 4. The van der Waals surface area contributed by atoms with Gasteiger partial charge in [-0.15, -0.1) is 0 Å². The van der Waals surface area contributed by atoms with Crippen LogP contribution in [0.25, 0.3) is 5.82 Å². The minimum Gasteiger partial charge on any atom is -0.389 e. The van der Waals surface area contributed by atoms with Crippen LogP contribution in [0.4, 0.5) is 36.2 Å². The highest BCUT2D eigenvalue weighted by atomic mass is 19.4. The number of hydrogen-bond acceptors (Lipinski definition) is 7. The van der Waals surface area contributed by atoms with Crippen molar-refractivity contribution in [3.63, 3.8) is 0 Å².